The van der Waals surface area contributed by atoms with Crippen molar-refractivity contribution in [1.82, 2.24) is 4.98 Å². The minimum atomic E-state index is -0.349. The molecule has 2 aromatic rings. The Morgan fingerprint density at radius 2 is 2.00 bits per heavy atom. The van der Waals surface area contributed by atoms with E-state index in [9.17, 15) is 9.18 Å². The Labute approximate surface area is 97.2 Å². The van der Waals surface area contributed by atoms with Crippen molar-refractivity contribution >= 4 is 0 Å². The molecule has 0 saturated carbocycles. The van der Waals surface area contributed by atoms with Gasteiger partial charge in [0.15, 0.2) is 0 Å². The van der Waals surface area contributed by atoms with Crippen LogP contribution in [0.4, 0.5) is 4.39 Å². The summed E-state index contributed by atoms with van der Waals surface area (Å²) in [5, 5.41) is 8.60. The third-order valence-corrected chi connectivity index (χ3v) is 2.40. The second-order valence-electron chi connectivity index (χ2n) is 3.59. The minimum Gasteiger partial charge on any atom is -0.328 e. The van der Waals surface area contributed by atoms with Crippen molar-refractivity contribution in [3.8, 4) is 17.2 Å². The summed E-state index contributed by atoms with van der Waals surface area (Å²) in [4.78, 5) is 14.2. The summed E-state index contributed by atoms with van der Waals surface area (Å²) >= 11 is 0. The maximum Gasteiger partial charge on any atom is 0.255 e. The fourth-order valence-corrected chi connectivity index (χ4v) is 1.57. The van der Waals surface area contributed by atoms with Gasteiger partial charge in [0.05, 0.1) is 12.5 Å². The van der Waals surface area contributed by atoms with Gasteiger partial charge >= 0.3 is 0 Å². The first kappa shape index (κ1) is 11.1. The smallest absolute Gasteiger partial charge is 0.255 e. The molecule has 0 amide bonds. The van der Waals surface area contributed by atoms with E-state index in [1.54, 1.807) is 6.07 Å². The van der Waals surface area contributed by atoms with Crippen molar-refractivity contribution in [3.05, 3.63) is 58.3 Å². The molecule has 2 rings (SSSR count). The molecule has 17 heavy (non-hydrogen) atoms. The minimum absolute atomic E-state index is 0.227. The molecule has 1 aromatic carbocycles. The molecule has 0 unspecified atom stereocenters. The maximum absolute atomic E-state index is 12.8. The number of halogens is 1. The number of benzene rings is 1. The SMILES string of the molecule is N#CCc1c[nH]c(=O)c(-c2ccc(F)cc2)c1. The van der Waals surface area contributed by atoms with Crippen molar-refractivity contribution < 1.29 is 4.39 Å². The first-order valence-electron chi connectivity index (χ1n) is 5.05. The normalized spacial score (nSPS) is 9.88. The first-order chi connectivity index (χ1) is 8.20. The van der Waals surface area contributed by atoms with Crippen molar-refractivity contribution in [2.45, 2.75) is 6.42 Å². The van der Waals surface area contributed by atoms with Gasteiger partial charge in [-0.15, -0.1) is 0 Å². The summed E-state index contributed by atoms with van der Waals surface area (Å²) in [6, 6.07) is 9.33. The average Bonchev–Trinajstić information content (AvgIpc) is 2.33. The number of hydrogen-bond donors (Lipinski definition) is 1. The highest BCUT2D eigenvalue weighted by Gasteiger charge is 2.04. The summed E-state index contributed by atoms with van der Waals surface area (Å²) in [6.45, 7) is 0. The van der Waals surface area contributed by atoms with E-state index in [-0.39, 0.29) is 17.8 Å². The zero-order valence-corrected chi connectivity index (χ0v) is 8.90. The molecule has 1 aromatic heterocycles. The summed E-state index contributed by atoms with van der Waals surface area (Å²) in [5.41, 5.74) is 1.55. The molecular weight excluding hydrogens is 219 g/mol. The van der Waals surface area contributed by atoms with Crippen LogP contribution in [-0.4, -0.2) is 4.98 Å². The summed E-state index contributed by atoms with van der Waals surface area (Å²) in [7, 11) is 0. The molecule has 1 N–H and O–H groups in total. The molecule has 0 radical (unpaired) electrons. The monoisotopic (exact) mass is 228 g/mol. The van der Waals surface area contributed by atoms with E-state index in [2.05, 4.69) is 4.98 Å². The van der Waals surface area contributed by atoms with E-state index in [1.807, 2.05) is 6.07 Å². The molecule has 4 heteroatoms. The molecule has 0 saturated heterocycles. The van der Waals surface area contributed by atoms with Crippen LogP contribution in [0.5, 0.6) is 0 Å². The number of nitrogens with one attached hydrogen (secondary N) is 1. The molecule has 1 heterocycles. The second kappa shape index (κ2) is 4.62. The summed E-state index contributed by atoms with van der Waals surface area (Å²) < 4.78 is 12.8. The molecule has 0 aliphatic heterocycles. The summed E-state index contributed by atoms with van der Waals surface area (Å²) in [6.07, 6.45) is 1.74. The molecule has 0 fully saturated rings. The van der Waals surface area contributed by atoms with Gasteiger partial charge in [-0.1, -0.05) is 12.1 Å². The lowest BCUT2D eigenvalue weighted by atomic mass is 10.0. The van der Waals surface area contributed by atoms with Crippen molar-refractivity contribution in [2.75, 3.05) is 0 Å². The van der Waals surface area contributed by atoms with Crippen LogP contribution < -0.4 is 5.56 Å². The molecule has 0 spiro atoms. The van der Waals surface area contributed by atoms with Gasteiger partial charge in [0.2, 0.25) is 0 Å². The molecular formula is C13H9FN2O. The maximum atomic E-state index is 12.8. The van der Waals surface area contributed by atoms with E-state index >= 15 is 0 Å². The zero-order valence-electron chi connectivity index (χ0n) is 8.90. The van der Waals surface area contributed by atoms with Crippen LogP contribution in [0.25, 0.3) is 11.1 Å². The Morgan fingerprint density at radius 1 is 1.29 bits per heavy atom. The van der Waals surface area contributed by atoms with Crippen LogP contribution in [0, 0.1) is 17.1 Å². The van der Waals surface area contributed by atoms with Crippen molar-refractivity contribution in [2.24, 2.45) is 0 Å². The molecule has 0 atom stereocenters. The Kier molecular flexibility index (Phi) is 3.01. The van der Waals surface area contributed by atoms with Gasteiger partial charge in [-0.25, -0.2) is 4.39 Å². The average molecular weight is 228 g/mol. The van der Waals surface area contributed by atoms with Crippen LogP contribution in [-0.2, 0) is 6.42 Å². The number of aromatic nitrogens is 1. The van der Waals surface area contributed by atoms with Crippen LogP contribution in [0.3, 0.4) is 0 Å². The van der Waals surface area contributed by atoms with E-state index in [0.29, 0.717) is 11.1 Å². The van der Waals surface area contributed by atoms with Gasteiger partial charge in [0.1, 0.15) is 5.82 Å². The lowest BCUT2D eigenvalue weighted by Crippen LogP contribution is -2.09. The highest BCUT2D eigenvalue weighted by Crippen LogP contribution is 2.16. The molecule has 0 bridgehead atoms. The molecule has 3 nitrogen and oxygen atoms in total. The highest BCUT2D eigenvalue weighted by molar-refractivity contribution is 5.62. The summed E-state index contributed by atoms with van der Waals surface area (Å²) in [5.74, 6) is -0.349. The number of aromatic amines is 1. The molecule has 84 valence electrons. The van der Waals surface area contributed by atoms with Gasteiger partial charge in [-0.2, -0.15) is 5.26 Å². The predicted molar refractivity (Wildman–Crippen MR) is 61.8 cm³/mol. The standard InChI is InChI=1S/C13H9FN2O/c14-11-3-1-10(2-4-11)12-7-9(5-6-15)8-16-13(12)17/h1-4,7-8H,5H2,(H,16,17). The largest absolute Gasteiger partial charge is 0.328 e. The number of pyridine rings is 1. The van der Waals surface area contributed by atoms with E-state index < -0.39 is 0 Å². The number of H-pyrrole nitrogens is 1. The highest BCUT2D eigenvalue weighted by atomic mass is 19.1. The van der Waals surface area contributed by atoms with E-state index in [4.69, 9.17) is 5.26 Å². The predicted octanol–water partition coefficient (Wildman–Crippen LogP) is 2.25. The fourth-order valence-electron chi connectivity index (χ4n) is 1.57. The van der Waals surface area contributed by atoms with Crippen LogP contribution >= 0.6 is 0 Å². The number of hydrogen-bond acceptors (Lipinski definition) is 2. The van der Waals surface area contributed by atoms with Gasteiger partial charge in [-0.05, 0) is 29.3 Å². The Morgan fingerprint density at radius 3 is 2.65 bits per heavy atom. The lowest BCUT2D eigenvalue weighted by molar-refractivity contribution is 0.628. The van der Waals surface area contributed by atoms with Crippen molar-refractivity contribution in [1.29, 1.82) is 5.26 Å². The Hall–Kier alpha value is -2.41. The quantitative estimate of drug-likeness (QED) is 0.857. The zero-order chi connectivity index (χ0) is 12.3. The lowest BCUT2D eigenvalue weighted by Gasteiger charge is -2.02. The third kappa shape index (κ3) is 2.40. The molecule has 0 aliphatic carbocycles. The van der Waals surface area contributed by atoms with Gasteiger partial charge in [0.25, 0.3) is 5.56 Å². The molecule has 0 aliphatic rings. The Balaban J connectivity index is 2.51. The van der Waals surface area contributed by atoms with E-state index in [0.717, 1.165) is 5.56 Å². The van der Waals surface area contributed by atoms with Crippen molar-refractivity contribution in [3.63, 3.8) is 0 Å². The topological polar surface area (TPSA) is 56.6 Å². The third-order valence-electron chi connectivity index (χ3n) is 2.40. The van der Waals surface area contributed by atoms with Crippen LogP contribution in [0.15, 0.2) is 41.3 Å². The van der Waals surface area contributed by atoms with Gasteiger partial charge in [-0.3, -0.25) is 4.79 Å². The van der Waals surface area contributed by atoms with E-state index in [1.165, 1.54) is 30.5 Å². The number of nitriles is 1. The first-order valence-corrected chi connectivity index (χ1v) is 5.05. The van der Waals surface area contributed by atoms with Gasteiger partial charge < -0.3 is 4.98 Å². The second-order valence-corrected chi connectivity index (χ2v) is 3.59. The van der Waals surface area contributed by atoms with Crippen LogP contribution in [0.1, 0.15) is 5.56 Å². The number of rotatable bonds is 2. The Bertz CT molecular complexity index is 623. The fraction of sp³-hybridized carbons (Fsp3) is 0.0769. The number of nitrogens with zero attached hydrogens (tertiary/aromatic N) is 1. The van der Waals surface area contributed by atoms with Crippen LogP contribution in [0.2, 0.25) is 0 Å². The van der Waals surface area contributed by atoms with Gasteiger partial charge in [0, 0.05) is 11.8 Å².